The van der Waals surface area contributed by atoms with Gasteiger partial charge in [0.2, 0.25) is 0 Å². The first-order valence-corrected chi connectivity index (χ1v) is 5.90. The molecule has 0 radical (unpaired) electrons. The van der Waals surface area contributed by atoms with Crippen molar-refractivity contribution < 1.29 is 4.74 Å². The number of rotatable bonds is 2. The Morgan fingerprint density at radius 2 is 1.55 bits per heavy atom. The number of thioether (sulfide) groups is 2. The zero-order chi connectivity index (χ0) is 7.52. The SMILES string of the molecule is C1CSC(OC2NCCS2)N1. The van der Waals surface area contributed by atoms with E-state index in [9.17, 15) is 0 Å². The number of ether oxygens (including phenoxy) is 1. The van der Waals surface area contributed by atoms with E-state index in [1.54, 1.807) is 0 Å². The first-order valence-electron chi connectivity index (χ1n) is 3.80. The molecular weight excluding hydrogens is 180 g/mol. The molecule has 2 heterocycles. The molecule has 3 nitrogen and oxygen atoms in total. The summed E-state index contributed by atoms with van der Waals surface area (Å²) >= 11 is 3.69. The van der Waals surface area contributed by atoms with E-state index in [1.165, 1.54) is 11.5 Å². The fraction of sp³-hybridized carbons (Fsp3) is 1.00. The van der Waals surface area contributed by atoms with Gasteiger partial charge >= 0.3 is 0 Å². The summed E-state index contributed by atoms with van der Waals surface area (Å²) < 4.78 is 5.68. The minimum Gasteiger partial charge on any atom is -0.326 e. The third-order valence-electron chi connectivity index (χ3n) is 1.61. The average molecular weight is 192 g/mol. The molecule has 64 valence electrons. The number of nitrogens with one attached hydrogen (secondary N) is 2. The van der Waals surface area contributed by atoms with E-state index in [1.807, 2.05) is 23.5 Å². The average Bonchev–Trinajstić information content (AvgIpc) is 2.60. The van der Waals surface area contributed by atoms with Crippen LogP contribution in [0.1, 0.15) is 0 Å². The Balaban J connectivity index is 1.71. The molecule has 2 atom stereocenters. The first kappa shape index (κ1) is 8.19. The molecule has 2 aliphatic heterocycles. The van der Waals surface area contributed by atoms with Crippen molar-refractivity contribution in [2.45, 2.75) is 11.1 Å². The van der Waals surface area contributed by atoms with E-state index in [2.05, 4.69) is 10.6 Å². The van der Waals surface area contributed by atoms with E-state index in [-0.39, 0.29) is 11.1 Å². The van der Waals surface area contributed by atoms with Crippen LogP contribution in [0.4, 0.5) is 0 Å². The fourth-order valence-corrected chi connectivity index (χ4v) is 2.91. The van der Waals surface area contributed by atoms with Gasteiger partial charge < -0.3 is 4.74 Å². The van der Waals surface area contributed by atoms with Crippen LogP contribution in [0.5, 0.6) is 0 Å². The Labute approximate surface area is 75.0 Å². The third kappa shape index (κ3) is 2.26. The topological polar surface area (TPSA) is 33.3 Å². The van der Waals surface area contributed by atoms with Crippen LogP contribution in [0.15, 0.2) is 0 Å². The summed E-state index contributed by atoms with van der Waals surface area (Å²) in [6.45, 7) is 2.15. The second-order valence-electron chi connectivity index (χ2n) is 2.45. The van der Waals surface area contributed by atoms with Gasteiger partial charge in [0.05, 0.1) is 0 Å². The van der Waals surface area contributed by atoms with E-state index >= 15 is 0 Å². The Kier molecular flexibility index (Phi) is 2.98. The van der Waals surface area contributed by atoms with Gasteiger partial charge in [-0.25, -0.2) is 0 Å². The first-order chi connectivity index (χ1) is 5.45. The van der Waals surface area contributed by atoms with Crippen molar-refractivity contribution in [1.29, 1.82) is 0 Å². The van der Waals surface area contributed by atoms with Crippen LogP contribution in [-0.4, -0.2) is 35.7 Å². The molecule has 0 aromatic heterocycles. The maximum atomic E-state index is 5.68. The van der Waals surface area contributed by atoms with Crippen molar-refractivity contribution in [3.63, 3.8) is 0 Å². The third-order valence-corrected chi connectivity index (χ3v) is 3.65. The zero-order valence-electron chi connectivity index (χ0n) is 6.21. The second kappa shape index (κ2) is 4.00. The van der Waals surface area contributed by atoms with Crippen molar-refractivity contribution in [3.05, 3.63) is 0 Å². The smallest absolute Gasteiger partial charge is 0.159 e. The molecular formula is C6H12N2OS2. The van der Waals surface area contributed by atoms with Crippen molar-refractivity contribution in [3.8, 4) is 0 Å². The normalized spacial score (nSPS) is 38.2. The molecule has 2 saturated heterocycles. The van der Waals surface area contributed by atoms with Crippen LogP contribution in [-0.2, 0) is 4.74 Å². The van der Waals surface area contributed by atoms with Crippen molar-refractivity contribution in [2.24, 2.45) is 0 Å². The lowest BCUT2D eigenvalue weighted by molar-refractivity contribution is 0.0638. The molecule has 2 unspecified atom stereocenters. The van der Waals surface area contributed by atoms with Gasteiger partial charge in [0.15, 0.2) is 11.1 Å². The quantitative estimate of drug-likeness (QED) is 0.655. The van der Waals surface area contributed by atoms with Crippen LogP contribution < -0.4 is 10.6 Å². The lowest BCUT2D eigenvalue weighted by atomic mass is 10.7. The van der Waals surface area contributed by atoms with E-state index in [0.717, 1.165) is 13.1 Å². The lowest BCUT2D eigenvalue weighted by Crippen LogP contribution is -2.32. The van der Waals surface area contributed by atoms with Gasteiger partial charge in [-0.3, -0.25) is 10.6 Å². The number of hydrogen-bond acceptors (Lipinski definition) is 5. The summed E-state index contributed by atoms with van der Waals surface area (Å²) in [6.07, 6.45) is 0. The molecule has 5 heteroatoms. The molecule has 0 amide bonds. The monoisotopic (exact) mass is 192 g/mol. The summed E-state index contributed by atoms with van der Waals surface area (Å²) in [7, 11) is 0. The molecule has 0 aromatic rings. The van der Waals surface area contributed by atoms with Crippen LogP contribution in [0.25, 0.3) is 0 Å². The van der Waals surface area contributed by atoms with Crippen LogP contribution in [0, 0.1) is 0 Å². The van der Waals surface area contributed by atoms with E-state index < -0.39 is 0 Å². The minimum absolute atomic E-state index is 0.220. The molecule has 0 aromatic carbocycles. The highest BCUT2D eigenvalue weighted by molar-refractivity contribution is 8.00. The van der Waals surface area contributed by atoms with Gasteiger partial charge in [0.1, 0.15) is 0 Å². The summed E-state index contributed by atoms with van der Waals surface area (Å²) in [5.41, 5.74) is 0.441. The zero-order valence-corrected chi connectivity index (χ0v) is 7.84. The Morgan fingerprint density at radius 3 is 1.91 bits per heavy atom. The van der Waals surface area contributed by atoms with Crippen LogP contribution in [0.3, 0.4) is 0 Å². The highest BCUT2D eigenvalue weighted by Crippen LogP contribution is 2.22. The van der Waals surface area contributed by atoms with Gasteiger partial charge in [-0.15, -0.1) is 23.5 Å². The highest BCUT2D eigenvalue weighted by atomic mass is 32.2. The summed E-state index contributed by atoms with van der Waals surface area (Å²) in [5.74, 6) is 2.34. The van der Waals surface area contributed by atoms with Gasteiger partial charge in [-0.1, -0.05) is 0 Å². The highest BCUT2D eigenvalue weighted by Gasteiger charge is 2.22. The minimum atomic E-state index is 0.220. The Hall–Kier alpha value is 0.580. The van der Waals surface area contributed by atoms with Crippen LogP contribution in [0.2, 0.25) is 0 Å². The van der Waals surface area contributed by atoms with E-state index in [0.29, 0.717) is 0 Å². The second-order valence-corrected chi connectivity index (χ2v) is 4.79. The van der Waals surface area contributed by atoms with Gasteiger partial charge in [-0.2, -0.15) is 0 Å². The van der Waals surface area contributed by atoms with E-state index in [4.69, 9.17) is 4.74 Å². The summed E-state index contributed by atoms with van der Waals surface area (Å²) in [5, 5.41) is 6.54. The van der Waals surface area contributed by atoms with Crippen molar-refractivity contribution >= 4 is 23.5 Å². The molecule has 2 rings (SSSR count). The maximum absolute atomic E-state index is 5.68. The molecule has 2 N–H and O–H groups in total. The van der Waals surface area contributed by atoms with Gasteiger partial charge in [0.25, 0.3) is 0 Å². The lowest BCUT2D eigenvalue weighted by Gasteiger charge is -2.16. The largest absolute Gasteiger partial charge is 0.326 e. The molecule has 0 saturated carbocycles. The number of hydrogen-bond donors (Lipinski definition) is 2. The Morgan fingerprint density at radius 1 is 1.00 bits per heavy atom. The maximum Gasteiger partial charge on any atom is 0.159 e. The van der Waals surface area contributed by atoms with Gasteiger partial charge in [-0.05, 0) is 0 Å². The van der Waals surface area contributed by atoms with Crippen LogP contribution >= 0.6 is 23.5 Å². The molecule has 0 aliphatic carbocycles. The van der Waals surface area contributed by atoms with Crippen molar-refractivity contribution in [1.82, 2.24) is 10.6 Å². The van der Waals surface area contributed by atoms with Gasteiger partial charge in [0, 0.05) is 24.6 Å². The predicted octanol–water partition coefficient (Wildman–Crippen LogP) is 0.243. The molecule has 2 fully saturated rings. The Bertz CT molecular complexity index is 110. The fourth-order valence-electron chi connectivity index (χ4n) is 1.09. The molecule has 11 heavy (non-hydrogen) atoms. The molecule has 2 aliphatic rings. The summed E-state index contributed by atoms with van der Waals surface area (Å²) in [4.78, 5) is 0. The predicted molar refractivity (Wildman–Crippen MR) is 49.6 cm³/mol. The standard InChI is InChI=1S/C6H12N2OS2/c1-3-10-5(7-1)9-6-8-2-4-11-6/h5-8H,1-4H2. The summed E-state index contributed by atoms with van der Waals surface area (Å²) in [6, 6.07) is 0. The molecule has 0 spiro atoms. The van der Waals surface area contributed by atoms with Crippen molar-refractivity contribution in [2.75, 3.05) is 24.6 Å². The molecule has 0 bridgehead atoms.